The van der Waals surface area contributed by atoms with E-state index in [2.05, 4.69) is 35.3 Å². The van der Waals surface area contributed by atoms with Crippen molar-refractivity contribution in [3.8, 4) is 0 Å². The van der Waals surface area contributed by atoms with Crippen molar-refractivity contribution in [2.75, 3.05) is 0 Å². The van der Waals surface area contributed by atoms with Crippen LogP contribution in [-0.2, 0) is 0 Å². The fourth-order valence-corrected chi connectivity index (χ4v) is 2.01. The van der Waals surface area contributed by atoms with Gasteiger partial charge in [-0.25, -0.2) is 0 Å². The summed E-state index contributed by atoms with van der Waals surface area (Å²) < 4.78 is 0. The highest BCUT2D eigenvalue weighted by Gasteiger charge is 2.25. The zero-order valence-electron chi connectivity index (χ0n) is 8.20. The lowest BCUT2D eigenvalue weighted by Gasteiger charge is -2.05. The highest BCUT2D eigenvalue weighted by atomic mass is 15.1. The highest BCUT2D eigenvalue weighted by molar-refractivity contribution is 5.83. The Morgan fingerprint density at radius 3 is 2.93 bits per heavy atom. The van der Waals surface area contributed by atoms with Crippen LogP contribution in [0.25, 0.3) is 10.9 Å². The van der Waals surface area contributed by atoms with Gasteiger partial charge in [-0.05, 0) is 48.9 Å². The van der Waals surface area contributed by atoms with Gasteiger partial charge >= 0.3 is 0 Å². The molecule has 0 spiro atoms. The molecule has 1 aliphatic rings. The summed E-state index contributed by atoms with van der Waals surface area (Å²) in [6.07, 6.45) is 4.45. The van der Waals surface area contributed by atoms with Crippen LogP contribution in [0, 0.1) is 6.92 Å². The Bertz CT molecular complexity index is 487. The molecule has 0 aliphatic heterocycles. The van der Waals surface area contributed by atoms with Gasteiger partial charge < -0.3 is 0 Å². The maximum absolute atomic E-state index is 4.16. The van der Waals surface area contributed by atoms with Crippen LogP contribution in [0.2, 0.25) is 0 Å². The molecule has 3 rings (SSSR count). The van der Waals surface area contributed by atoms with Crippen LogP contribution in [-0.4, -0.2) is 10.2 Å². The summed E-state index contributed by atoms with van der Waals surface area (Å²) in [6.45, 7) is 2.12. The van der Waals surface area contributed by atoms with Gasteiger partial charge in [0.25, 0.3) is 0 Å². The molecular weight excluding hydrogens is 172 g/mol. The lowest BCUT2D eigenvalue weighted by molar-refractivity contribution is 1.06. The third kappa shape index (κ3) is 1.18. The maximum Gasteiger partial charge on any atom is 0.0935 e. The van der Waals surface area contributed by atoms with Gasteiger partial charge in [0.1, 0.15) is 0 Å². The van der Waals surface area contributed by atoms with E-state index >= 15 is 0 Å². The SMILES string of the molecule is Cc1cc(C2CC2)c2ccnnc2c1. The first-order valence-corrected chi connectivity index (χ1v) is 5.06. The monoisotopic (exact) mass is 184 g/mol. The minimum absolute atomic E-state index is 0.779. The normalized spacial score (nSPS) is 16.1. The summed E-state index contributed by atoms with van der Waals surface area (Å²) in [5, 5.41) is 9.37. The lowest BCUT2D eigenvalue weighted by Crippen LogP contribution is -1.89. The van der Waals surface area contributed by atoms with E-state index in [0.29, 0.717) is 0 Å². The molecule has 0 radical (unpaired) electrons. The minimum Gasteiger partial charge on any atom is -0.159 e. The predicted octanol–water partition coefficient (Wildman–Crippen LogP) is 2.82. The number of rotatable bonds is 1. The van der Waals surface area contributed by atoms with E-state index < -0.39 is 0 Å². The molecule has 70 valence electrons. The molecular formula is C12H12N2. The van der Waals surface area contributed by atoms with Crippen molar-refractivity contribution in [2.45, 2.75) is 25.7 Å². The number of nitrogens with zero attached hydrogens (tertiary/aromatic N) is 2. The van der Waals surface area contributed by atoms with Crippen molar-refractivity contribution in [2.24, 2.45) is 0 Å². The molecule has 1 aromatic heterocycles. The molecule has 14 heavy (non-hydrogen) atoms. The molecule has 1 fully saturated rings. The van der Waals surface area contributed by atoms with E-state index in [1.165, 1.54) is 29.4 Å². The largest absolute Gasteiger partial charge is 0.159 e. The molecule has 2 aromatic rings. The number of hydrogen-bond acceptors (Lipinski definition) is 2. The topological polar surface area (TPSA) is 25.8 Å². The summed E-state index contributed by atoms with van der Waals surface area (Å²) in [5.41, 5.74) is 3.80. The van der Waals surface area contributed by atoms with Gasteiger partial charge in [-0.3, -0.25) is 0 Å². The zero-order chi connectivity index (χ0) is 9.54. The quantitative estimate of drug-likeness (QED) is 0.681. The number of aromatic nitrogens is 2. The van der Waals surface area contributed by atoms with Gasteiger partial charge in [0.05, 0.1) is 11.7 Å². The molecule has 0 amide bonds. The third-order valence-corrected chi connectivity index (χ3v) is 2.83. The summed E-state index contributed by atoms with van der Waals surface area (Å²) in [7, 11) is 0. The Morgan fingerprint density at radius 2 is 2.14 bits per heavy atom. The molecule has 2 heteroatoms. The minimum atomic E-state index is 0.779. The lowest BCUT2D eigenvalue weighted by atomic mass is 10.0. The second kappa shape index (κ2) is 2.77. The highest BCUT2D eigenvalue weighted by Crippen LogP contribution is 2.43. The second-order valence-electron chi connectivity index (χ2n) is 4.09. The smallest absolute Gasteiger partial charge is 0.0935 e. The van der Waals surface area contributed by atoms with E-state index in [0.717, 1.165) is 11.4 Å². The first kappa shape index (κ1) is 7.92. The molecule has 2 nitrogen and oxygen atoms in total. The van der Waals surface area contributed by atoms with E-state index in [1.54, 1.807) is 6.20 Å². The van der Waals surface area contributed by atoms with E-state index in [9.17, 15) is 0 Å². The van der Waals surface area contributed by atoms with Crippen LogP contribution in [0.1, 0.15) is 29.9 Å². The number of fused-ring (bicyclic) bond motifs is 1. The van der Waals surface area contributed by atoms with Gasteiger partial charge in [-0.2, -0.15) is 10.2 Å². The Hall–Kier alpha value is -1.44. The van der Waals surface area contributed by atoms with Crippen LogP contribution in [0.5, 0.6) is 0 Å². The molecule has 1 saturated carbocycles. The van der Waals surface area contributed by atoms with E-state index in [1.807, 2.05) is 0 Å². The van der Waals surface area contributed by atoms with Crippen molar-refractivity contribution >= 4 is 10.9 Å². The van der Waals surface area contributed by atoms with Gasteiger partial charge in [-0.15, -0.1) is 0 Å². The summed E-state index contributed by atoms with van der Waals surface area (Å²) >= 11 is 0. The van der Waals surface area contributed by atoms with E-state index in [-0.39, 0.29) is 0 Å². The average molecular weight is 184 g/mol. The Morgan fingerprint density at radius 1 is 1.29 bits per heavy atom. The van der Waals surface area contributed by atoms with Crippen LogP contribution >= 0.6 is 0 Å². The van der Waals surface area contributed by atoms with Crippen molar-refractivity contribution in [3.63, 3.8) is 0 Å². The van der Waals surface area contributed by atoms with Crippen molar-refractivity contribution < 1.29 is 0 Å². The van der Waals surface area contributed by atoms with E-state index in [4.69, 9.17) is 0 Å². The summed E-state index contributed by atoms with van der Waals surface area (Å²) in [4.78, 5) is 0. The third-order valence-electron chi connectivity index (χ3n) is 2.83. The van der Waals surface area contributed by atoms with Crippen molar-refractivity contribution in [1.82, 2.24) is 10.2 Å². The summed E-state index contributed by atoms with van der Waals surface area (Å²) in [5.74, 6) is 0.779. The molecule has 1 aromatic carbocycles. The Labute approximate surface area is 83.0 Å². The molecule has 1 heterocycles. The number of hydrogen-bond donors (Lipinski definition) is 0. The molecule has 1 aliphatic carbocycles. The van der Waals surface area contributed by atoms with Gasteiger partial charge in [-0.1, -0.05) is 6.07 Å². The predicted molar refractivity (Wildman–Crippen MR) is 56.3 cm³/mol. The fourth-order valence-electron chi connectivity index (χ4n) is 2.01. The first-order chi connectivity index (χ1) is 6.84. The maximum atomic E-state index is 4.16. The van der Waals surface area contributed by atoms with Crippen LogP contribution in [0.3, 0.4) is 0 Å². The molecule has 0 bridgehead atoms. The van der Waals surface area contributed by atoms with Gasteiger partial charge in [0.2, 0.25) is 0 Å². The fraction of sp³-hybridized carbons (Fsp3) is 0.333. The second-order valence-corrected chi connectivity index (χ2v) is 4.09. The van der Waals surface area contributed by atoms with Crippen LogP contribution in [0.15, 0.2) is 24.4 Å². The standard InChI is InChI=1S/C12H12N2/c1-8-6-11(9-2-3-9)10-4-5-13-14-12(10)7-8/h4-7,9H,2-3H2,1H3. The number of benzene rings is 1. The summed E-state index contributed by atoms with van der Waals surface area (Å²) in [6, 6.07) is 6.48. The first-order valence-electron chi connectivity index (χ1n) is 5.06. The Kier molecular flexibility index (Phi) is 1.57. The van der Waals surface area contributed by atoms with Gasteiger partial charge in [0.15, 0.2) is 0 Å². The molecule has 0 atom stereocenters. The van der Waals surface area contributed by atoms with Crippen molar-refractivity contribution in [3.05, 3.63) is 35.5 Å². The van der Waals surface area contributed by atoms with Crippen molar-refractivity contribution in [1.29, 1.82) is 0 Å². The van der Waals surface area contributed by atoms with Gasteiger partial charge in [0, 0.05) is 5.39 Å². The molecule has 0 unspecified atom stereocenters. The zero-order valence-corrected chi connectivity index (χ0v) is 8.20. The van der Waals surface area contributed by atoms with Crippen LogP contribution < -0.4 is 0 Å². The average Bonchev–Trinajstić information content (AvgIpc) is 2.99. The van der Waals surface area contributed by atoms with Crippen LogP contribution in [0.4, 0.5) is 0 Å². The number of aryl methyl sites for hydroxylation is 1. The molecule has 0 saturated heterocycles. The Balaban J connectivity index is 2.34. The molecule has 0 N–H and O–H groups in total.